The Balaban J connectivity index is 4.51. The van der Waals surface area contributed by atoms with Crippen molar-refractivity contribution in [1.29, 1.82) is 0 Å². The molecule has 114 valence electrons. The van der Waals surface area contributed by atoms with E-state index in [1.807, 2.05) is 0 Å². The second-order valence-electron chi connectivity index (χ2n) is 4.71. The third kappa shape index (κ3) is 7.16. The van der Waals surface area contributed by atoms with Crippen LogP contribution in [0.5, 0.6) is 0 Å². The van der Waals surface area contributed by atoms with E-state index in [9.17, 15) is 18.4 Å². The lowest BCUT2D eigenvalue weighted by atomic mass is 9.89. The lowest BCUT2D eigenvalue weighted by molar-refractivity contribution is -0.137. The molecule has 0 aliphatic carbocycles. The average molecular weight is 287 g/mol. The molecule has 0 heterocycles. The molecule has 0 rings (SSSR count). The monoisotopic (exact) mass is 287 g/mol. The Morgan fingerprint density at radius 2 is 1.95 bits per heavy atom. The van der Waals surface area contributed by atoms with Crippen molar-refractivity contribution >= 4 is 11.7 Å². The third-order valence-electron chi connectivity index (χ3n) is 3.03. The van der Waals surface area contributed by atoms with E-state index < -0.39 is 24.2 Å². The van der Waals surface area contributed by atoms with Crippen LogP contribution >= 0.6 is 0 Å². The number of carbonyl (C=O) groups excluding carboxylic acids is 2. The highest BCUT2D eigenvalue weighted by molar-refractivity contribution is 5.79. The summed E-state index contributed by atoms with van der Waals surface area (Å²) < 4.78 is 28.0. The first-order valence-corrected chi connectivity index (χ1v) is 6.75. The molecule has 0 aliphatic rings. The van der Waals surface area contributed by atoms with Gasteiger partial charge in [0.1, 0.15) is 5.78 Å². The van der Waals surface area contributed by atoms with Crippen LogP contribution in [0.2, 0.25) is 0 Å². The first kappa shape index (κ1) is 18.5. The minimum absolute atomic E-state index is 0.154. The van der Waals surface area contributed by atoms with E-state index in [-0.39, 0.29) is 31.6 Å². The van der Waals surface area contributed by atoms with Crippen molar-refractivity contribution in [2.75, 3.05) is 6.54 Å². The van der Waals surface area contributed by atoms with Crippen molar-refractivity contribution in [2.24, 2.45) is 5.92 Å². The van der Waals surface area contributed by atoms with Gasteiger partial charge in [-0.15, -0.1) is 13.2 Å². The Labute approximate surface area is 119 Å². The highest BCUT2D eigenvalue weighted by atomic mass is 19.3. The second-order valence-corrected chi connectivity index (χ2v) is 4.71. The zero-order valence-corrected chi connectivity index (χ0v) is 12.0. The van der Waals surface area contributed by atoms with Gasteiger partial charge in [-0.25, -0.2) is 8.78 Å². The smallest absolute Gasteiger partial charge is 0.260 e. The average Bonchev–Trinajstić information content (AvgIpc) is 2.39. The topological polar surface area (TPSA) is 46.2 Å². The minimum atomic E-state index is -3.18. The van der Waals surface area contributed by atoms with Gasteiger partial charge in [0.05, 0.1) is 6.42 Å². The third-order valence-corrected chi connectivity index (χ3v) is 3.03. The van der Waals surface area contributed by atoms with E-state index >= 15 is 0 Å². The van der Waals surface area contributed by atoms with Crippen molar-refractivity contribution in [1.82, 2.24) is 5.32 Å². The van der Waals surface area contributed by atoms with Crippen LogP contribution in [0.1, 0.15) is 39.0 Å². The fraction of sp³-hybridized carbons (Fsp3) is 0.600. The molecule has 1 atom stereocenters. The molecular formula is C15H23F2NO2. The predicted molar refractivity (Wildman–Crippen MR) is 75.6 cm³/mol. The van der Waals surface area contributed by atoms with Gasteiger partial charge in [-0.1, -0.05) is 19.1 Å². The molecule has 0 aromatic carbocycles. The van der Waals surface area contributed by atoms with Crippen LogP contribution in [0.15, 0.2) is 25.3 Å². The number of nitrogens with one attached hydrogen (secondary N) is 1. The fourth-order valence-corrected chi connectivity index (χ4v) is 1.84. The number of allylic oxidation sites excluding steroid dienone is 1. The van der Waals surface area contributed by atoms with Gasteiger partial charge in [0.15, 0.2) is 0 Å². The van der Waals surface area contributed by atoms with Crippen molar-refractivity contribution < 1.29 is 18.4 Å². The normalized spacial score (nSPS) is 12.6. The van der Waals surface area contributed by atoms with Gasteiger partial charge < -0.3 is 5.32 Å². The number of Topliss-reactive ketones (excluding diaryl/α,β-unsaturated/α-hetero) is 1. The van der Waals surface area contributed by atoms with E-state index in [0.717, 1.165) is 0 Å². The zero-order chi connectivity index (χ0) is 15.6. The Morgan fingerprint density at radius 1 is 1.30 bits per heavy atom. The molecule has 1 N–H and O–H groups in total. The van der Waals surface area contributed by atoms with E-state index in [1.165, 1.54) is 6.08 Å². The Morgan fingerprint density at radius 3 is 2.45 bits per heavy atom. The molecule has 0 aliphatic heterocycles. The standard InChI is InChI=1S/C15H23F2NO2/c1-4-7-8-13(19)10-12(6-3)15(16,17)11-14(20)18-9-5-2/h4-5,12H,1-2,6-11H2,3H3,(H,18,20). The number of halogens is 2. The van der Waals surface area contributed by atoms with E-state index in [4.69, 9.17) is 0 Å². The maximum absolute atomic E-state index is 14.0. The summed E-state index contributed by atoms with van der Waals surface area (Å²) in [4.78, 5) is 22.9. The van der Waals surface area contributed by atoms with Gasteiger partial charge in [-0.2, -0.15) is 0 Å². The van der Waals surface area contributed by atoms with Gasteiger partial charge in [0.2, 0.25) is 5.91 Å². The summed E-state index contributed by atoms with van der Waals surface area (Å²) in [6.07, 6.45) is 2.77. The van der Waals surface area contributed by atoms with E-state index in [0.29, 0.717) is 6.42 Å². The van der Waals surface area contributed by atoms with Crippen LogP contribution in [-0.2, 0) is 9.59 Å². The minimum Gasteiger partial charge on any atom is -0.352 e. The maximum Gasteiger partial charge on any atom is 0.260 e. The molecule has 20 heavy (non-hydrogen) atoms. The molecule has 0 spiro atoms. The second kappa shape index (κ2) is 9.39. The summed E-state index contributed by atoms with van der Waals surface area (Å²) >= 11 is 0. The Bertz CT molecular complexity index is 354. The quantitative estimate of drug-likeness (QED) is 0.593. The largest absolute Gasteiger partial charge is 0.352 e. The zero-order valence-electron chi connectivity index (χ0n) is 12.0. The molecule has 0 radical (unpaired) electrons. The Hall–Kier alpha value is -1.52. The van der Waals surface area contributed by atoms with Crippen LogP contribution in [0.3, 0.4) is 0 Å². The van der Waals surface area contributed by atoms with Crippen molar-refractivity contribution in [3.8, 4) is 0 Å². The molecule has 1 amide bonds. The molecule has 0 aromatic heterocycles. The fourth-order valence-electron chi connectivity index (χ4n) is 1.84. The number of amides is 1. The van der Waals surface area contributed by atoms with Crippen LogP contribution in [0.25, 0.3) is 0 Å². The summed E-state index contributed by atoms with van der Waals surface area (Å²) in [6.45, 7) is 8.64. The SMILES string of the molecule is C=CCCC(=O)CC(CC)C(F)(F)CC(=O)NCC=C. The number of hydrogen-bond donors (Lipinski definition) is 1. The number of hydrogen-bond acceptors (Lipinski definition) is 2. The molecule has 0 bridgehead atoms. The summed E-state index contributed by atoms with van der Waals surface area (Å²) in [6, 6.07) is 0. The summed E-state index contributed by atoms with van der Waals surface area (Å²) in [5.74, 6) is -5.23. The first-order chi connectivity index (χ1) is 9.37. The molecule has 1 unspecified atom stereocenters. The highest BCUT2D eigenvalue weighted by Gasteiger charge is 2.41. The molecule has 0 saturated heterocycles. The number of alkyl halides is 2. The van der Waals surface area contributed by atoms with Crippen LogP contribution in [-0.4, -0.2) is 24.2 Å². The summed E-state index contributed by atoms with van der Waals surface area (Å²) in [5.41, 5.74) is 0. The van der Waals surface area contributed by atoms with E-state index in [2.05, 4.69) is 18.5 Å². The molecular weight excluding hydrogens is 264 g/mol. The van der Waals surface area contributed by atoms with Crippen LogP contribution < -0.4 is 5.32 Å². The van der Waals surface area contributed by atoms with Gasteiger partial charge in [0.25, 0.3) is 5.92 Å². The van der Waals surface area contributed by atoms with Crippen molar-refractivity contribution in [3.05, 3.63) is 25.3 Å². The molecule has 0 fully saturated rings. The lowest BCUT2D eigenvalue weighted by Crippen LogP contribution is -2.37. The highest BCUT2D eigenvalue weighted by Crippen LogP contribution is 2.33. The summed E-state index contributed by atoms with van der Waals surface area (Å²) in [5, 5.41) is 2.32. The molecule has 3 nitrogen and oxygen atoms in total. The predicted octanol–water partition coefficient (Wildman–Crippen LogP) is 3.27. The van der Waals surface area contributed by atoms with Gasteiger partial charge in [-0.05, 0) is 12.8 Å². The first-order valence-electron chi connectivity index (χ1n) is 6.75. The van der Waals surface area contributed by atoms with Gasteiger partial charge >= 0.3 is 0 Å². The maximum atomic E-state index is 14.0. The summed E-state index contributed by atoms with van der Waals surface area (Å²) in [7, 11) is 0. The number of rotatable bonds is 11. The van der Waals surface area contributed by atoms with Gasteiger partial charge in [0, 0.05) is 25.3 Å². The van der Waals surface area contributed by atoms with Gasteiger partial charge in [-0.3, -0.25) is 9.59 Å². The van der Waals surface area contributed by atoms with Crippen molar-refractivity contribution in [3.63, 3.8) is 0 Å². The number of carbonyl (C=O) groups is 2. The molecule has 0 saturated carbocycles. The van der Waals surface area contributed by atoms with E-state index in [1.54, 1.807) is 13.0 Å². The van der Waals surface area contributed by atoms with Crippen LogP contribution in [0.4, 0.5) is 8.78 Å². The number of ketones is 1. The lowest BCUT2D eigenvalue weighted by Gasteiger charge is -2.25. The van der Waals surface area contributed by atoms with Crippen molar-refractivity contribution in [2.45, 2.75) is 45.0 Å². The Kier molecular flexibility index (Phi) is 8.68. The van der Waals surface area contributed by atoms with Crippen LogP contribution in [0, 0.1) is 5.92 Å². The molecule has 0 aromatic rings. The molecule has 5 heteroatoms.